The van der Waals surface area contributed by atoms with Gasteiger partial charge in [0, 0.05) is 12.4 Å². The van der Waals surface area contributed by atoms with Gasteiger partial charge in [0.05, 0.1) is 10.2 Å². The molecule has 78 valence electrons. The van der Waals surface area contributed by atoms with Crippen LogP contribution in [0.4, 0.5) is 0 Å². The summed E-state index contributed by atoms with van der Waals surface area (Å²) in [6.07, 6.45) is 8.03. The molecule has 1 aliphatic carbocycles. The van der Waals surface area contributed by atoms with Crippen LogP contribution in [0.2, 0.25) is 0 Å². The molecule has 1 aliphatic rings. The second-order valence-corrected chi connectivity index (χ2v) is 5.07. The van der Waals surface area contributed by atoms with Crippen molar-refractivity contribution >= 4 is 21.6 Å². The lowest BCUT2D eigenvalue weighted by atomic mass is 10.2. The van der Waals surface area contributed by atoms with Crippen molar-refractivity contribution in [1.82, 2.24) is 9.38 Å². The molecule has 0 bridgehead atoms. The van der Waals surface area contributed by atoms with Crippen molar-refractivity contribution in [2.24, 2.45) is 0 Å². The number of halogens is 1. The number of nitrogens with zero attached hydrogens (tertiary/aromatic N) is 2. The third kappa shape index (κ3) is 1.59. The zero-order valence-corrected chi connectivity index (χ0v) is 10.3. The fraction of sp³-hybridized carbons (Fsp3) is 0.417. The van der Waals surface area contributed by atoms with Crippen molar-refractivity contribution in [1.29, 1.82) is 0 Å². The quantitative estimate of drug-likeness (QED) is 0.811. The van der Waals surface area contributed by atoms with Crippen molar-refractivity contribution in [3.63, 3.8) is 0 Å². The van der Waals surface area contributed by atoms with Crippen LogP contribution in [0.25, 0.3) is 5.65 Å². The van der Waals surface area contributed by atoms with Gasteiger partial charge in [0.1, 0.15) is 0 Å². The molecule has 0 aliphatic heterocycles. The maximum atomic E-state index is 4.57. The standard InChI is InChI=1S/C12H13BrN2/c1-2-10-7-15-6-9(8-3-4-8)5-11(13)12(15)14-10/h5-8H,2-4H2,1H3. The summed E-state index contributed by atoms with van der Waals surface area (Å²) >= 11 is 3.60. The SMILES string of the molecule is CCc1cn2cc(C3CC3)cc(Br)c2n1. The lowest BCUT2D eigenvalue weighted by Crippen LogP contribution is -1.88. The van der Waals surface area contributed by atoms with E-state index in [0.29, 0.717) is 0 Å². The van der Waals surface area contributed by atoms with Gasteiger partial charge in [-0.25, -0.2) is 4.98 Å². The summed E-state index contributed by atoms with van der Waals surface area (Å²) in [5.74, 6) is 0.790. The van der Waals surface area contributed by atoms with Crippen LogP contribution in [0, 0.1) is 0 Å². The predicted octanol–water partition coefficient (Wildman–Crippen LogP) is 3.54. The molecule has 0 radical (unpaired) electrons. The number of aryl methyl sites for hydroxylation is 1. The Morgan fingerprint density at radius 3 is 2.93 bits per heavy atom. The maximum Gasteiger partial charge on any atom is 0.151 e. The molecule has 2 nitrogen and oxygen atoms in total. The van der Waals surface area contributed by atoms with Crippen molar-refractivity contribution in [3.05, 3.63) is 34.2 Å². The van der Waals surface area contributed by atoms with Crippen LogP contribution in [0.3, 0.4) is 0 Å². The molecule has 2 aromatic heterocycles. The molecule has 0 spiro atoms. The summed E-state index contributed by atoms with van der Waals surface area (Å²) in [6.45, 7) is 2.14. The Morgan fingerprint density at radius 2 is 2.27 bits per heavy atom. The molecule has 0 amide bonds. The van der Waals surface area contributed by atoms with Gasteiger partial charge in [-0.05, 0) is 52.7 Å². The Balaban J connectivity index is 2.20. The molecule has 15 heavy (non-hydrogen) atoms. The van der Waals surface area contributed by atoms with E-state index in [1.165, 1.54) is 18.4 Å². The molecule has 3 rings (SSSR count). The lowest BCUT2D eigenvalue weighted by Gasteiger charge is -2.01. The number of pyridine rings is 1. The van der Waals surface area contributed by atoms with E-state index in [9.17, 15) is 0 Å². The second-order valence-electron chi connectivity index (χ2n) is 4.21. The van der Waals surface area contributed by atoms with Crippen molar-refractivity contribution < 1.29 is 0 Å². The number of hydrogen-bond donors (Lipinski definition) is 0. The lowest BCUT2D eigenvalue weighted by molar-refractivity contribution is 1.05. The normalized spacial score (nSPS) is 16.1. The van der Waals surface area contributed by atoms with Crippen LogP contribution in [0.1, 0.15) is 36.9 Å². The third-order valence-corrected chi connectivity index (χ3v) is 3.57. The van der Waals surface area contributed by atoms with Crippen LogP contribution < -0.4 is 0 Å². The van der Waals surface area contributed by atoms with E-state index in [0.717, 1.165) is 28.2 Å². The number of hydrogen-bond acceptors (Lipinski definition) is 1. The molecule has 0 N–H and O–H groups in total. The minimum Gasteiger partial charge on any atom is -0.306 e. The van der Waals surface area contributed by atoms with E-state index in [1.807, 2.05) is 0 Å². The molecule has 0 atom stereocenters. The summed E-state index contributed by atoms with van der Waals surface area (Å²) in [6, 6.07) is 2.22. The number of imidazole rings is 1. The summed E-state index contributed by atoms with van der Waals surface area (Å²) < 4.78 is 3.27. The molecular weight excluding hydrogens is 252 g/mol. The molecule has 2 aromatic rings. The average Bonchev–Trinajstić information content (AvgIpc) is 2.98. The van der Waals surface area contributed by atoms with Gasteiger partial charge in [-0.3, -0.25) is 0 Å². The number of aromatic nitrogens is 2. The number of rotatable bonds is 2. The Morgan fingerprint density at radius 1 is 1.47 bits per heavy atom. The molecule has 0 unspecified atom stereocenters. The monoisotopic (exact) mass is 264 g/mol. The first-order valence-corrected chi connectivity index (χ1v) is 6.24. The predicted molar refractivity (Wildman–Crippen MR) is 64.2 cm³/mol. The molecule has 0 saturated heterocycles. The molecular formula is C12H13BrN2. The summed E-state index contributed by atoms with van der Waals surface area (Å²) in [7, 11) is 0. The van der Waals surface area contributed by atoms with Gasteiger partial charge in [-0.15, -0.1) is 0 Å². The fourth-order valence-corrected chi connectivity index (χ4v) is 2.50. The Hall–Kier alpha value is -0.830. The zero-order chi connectivity index (χ0) is 10.4. The second kappa shape index (κ2) is 3.34. The summed E-state index contributed by atoms with van der Waals surface area (Å²) in [5, 5.41) is 0. The van der Waals surface area contributed by atoms with Crippen molar-refractivity contribution in [2.75, 3.05) is 0 Å². The van der Waals surface area contributed by atoms with Gasteiger partial charge in [0.25, 0.3) is 0 Å². The molecule has 2 heterocycles. The highest BCUT2D eigenvalue weighted by Crippen LogP contribution is 2.41. The van der Waals surface area contributed by atoms with Gasteiger partial charge >= 0.3 is 0 Å². The average molecular weight is 265 g/mol. The van der Waals surface area contributed by atoms with Gasteiger partial charge in [0.2, 0.25) is 0 Å². The fourth-order valence-electron chi connectivity index (χ4n) is 1.94. The van der Waals surface area contributed by atoms with Gasteiger partial charge < -0.3 is 4.40 Å². The minimum absolute atomic E-state index is 0.790. The smallest absolute Gasteiger partial charge is 0.151 e. The minimum atomic E-state index is 0.790. The first-order chi connectivity index (χ1) is 7.28. The molecule has 0 aromatic carbocycles. The van der Waals surface area contributed by atoms with Crippen LogP contribution in [-0.2, 0) is 6.42 Å². The Bertz CT molecular complexity index is 512. The van der Waals surface area contributed by atoms with Crippen molar-refractivity contribution in [3.8, 4) is 0 Å². The van der Waals surface area contributed by atoms with E-state index >= 15 is 0 Å². The van der Waals surface area contributed by atoms with Crippen LogP contribution in [0.5, 0.6) is 0 Å². The van der Waals surface area contributed by atoms with E-state index in [4.69, 9.17) is 0 Å². The van der Waals surface area contributed by atoms with Gasteiger partial charge in [0.15, 0.2) is 5.65 Å². The van der Waals surface area contributed by atoms with Gasteiger partial charge in [-0.1, -0.05) is 6.92 Å². The number of fused-ring (bicyclic) bond motifs is 1. The Labute approximate surface area is 97.5 Å². The van der Waals surface area contributed by atoms with Gasteiger partial charge in [-0.2, -0.15) is 0 Å². The van der Waals surface area contributed by atoms with Crippen molar-refractivity contribution in [2.45, 2.75) is 32.1 Å². The molecule has 3 heteroatoms. The Kier molecular flexibility index (Phi) is 2.09. The zero-order valence-electron chi connectivity index (χ0n) is 8.70. The molecule has 1 fully saturated rings. The first kappa shape index (κ1) is 9.40. The highest BCUT2D eigenvalue weighted by atomic mass is 79.9. The third-order valence-electron chi connectivity index (χ3n) is 2.99. The maximum absolute atomic E-state index is 4.57. The van der Waals surface area contributed by atoms with E-state index in [1.54, 1.807) is 0 Å². The highest BCUT2D eigenvalue weighted by molar-refractivity contribution is 9.10. The first-order valence-electron chi connectivity index (χ1n) is 5.45. The molecule has 1 saturated carbocycles. The van der Waals surface area contributed by atoms with Crippen LogP contribution in [-0.4, -0.2) is 9.38 Å². The largest absolute Gasteiger partial charge is 0.306 e. The van der Waals surface area contributed by atoms with E-state index < -0.39 is 0 Å². The van der Waals surface area contributed by atoms with E-state index in [2.05, 4.69) is 50.7 Å². The summed E-state index contributed by atoms with van der Waals surface area (Å²) in [4.78, 5) is 4.57. The van der Waals surface area contributed by atoms with Crippen LogP contribution >= 0.6 is 15.9 Å². The van der Waals surface area contributed by atoms with E-state index in [-0.39, 0.29) is 0 Å². The topological polar surface area (TPSA) is 17.3 Å². The summed E-state index contributed by atoms with van der Waals surface area (Å²) in [5.41, 5.74) is 3.63. The highest BCUT2D eigenvalue weighted by Gasteiger charge is 2.24. The van der Waals surface area contributed by atoms with Crippen LogP contribution in [0.15, 0.2) is 22.9 Å².